The highest BCUT2D eigenvalue weighted by Crippen LogP contribution is 2.28. The van der Waals surface area contributed by atoms with Gasteiger partial charge < -0.3 is 15.5 Å². The Morgan fingerprint density at radius 3 is 2.55 bits per heavy atom. The second-order valence-corrected chi connectivity index (χ2v) is 8.43. The molecular weight excluding hydrogens is 508 g/mol. The number of hydrogen-bond donors (Lipinski definition) is 2. The summed E-state index contributed by atoms with van der Waals surface area (Å²) < 4.78 is 13.9. The lowest BCUT2D eigenvalue weighted by atomic mass is 9.84. The van der Waals surface area contributed by atoms with Crippen LogP contribution in [0.25, 0.3) is 0 Å². The minimum Gasteiger partial charge on any atom is -0.357 e. The average molecular weight is 545 g/mol. The number of halogens is 2. The van der Waals surface area contributed by atoms with E-state index in [-0.39, 0.29) is 35.8 Å². The van der Waals surface area contributed by atoms with Crippen molar-refractivity contribution in [3.63, 3.8) is 0 Å². The van der Waals surface area contributed by atoms with Crippen LogP contribution in [0.2, 0.25) is 0 Å². The van der Waals surface area contributed by atoms with Crippen LogP contribution in [0.4, 0.5) is 4.39 Å². The van der Waals surface area contributed by atoms with E-state index in [9.17, 15) is 9.18 Å². The minimum atomic E-state index is -0.182. The number of carbonyl (C=O) groups is 1. The third kappa shape index (κ3) is 7.30. The van der Waals surface area contributed by atoms with Crippen LogP contribution in [-0.2, 0) is 4.79 Å². The Bertz CT molecular complexity index is 747. The van der Waals surface area contributed by atoms with Crippen LogP contribution in [0.3, 0.4) is 0 Å². The molecule has 2 N–H and O–H groups in total. The summed E-state index contributed by atoms with van der Waals surface area (Å²) in [6.07, 6.45) is 3.34. The van der Waals surface area contributed by atoms with Crippen LogP contribution in [0, 0.1) is 18.7 Å². The van der Waals surface area contributed by atoms with Crippen LogP contribution in [0.15, 0.2) is 23.2 Å². The van der Waals surface area contributed by atoms with Gasteiger partial charge >= 0.3 is 0 Å². The van der Waals surface area contributed by atoms with Gasteiger partial charge in [-0.25, -0.2) is 4.39 Å². The van der Waals surface area contributed by atoms with Crippen molar-refractivity contribution in [2.45, 2.75) is 46.1 Å². The molecule has 1 aliphatic carbocycles. The summed E-state index contributed by atoms with van der Waals surface area (Å²) in [7, 11) is 0. The smallest absolute Gasteiger partial charge is 0.225 e. The maximum Gasteiger partial charge on any atom is 0.225 e. The molecule has 1 saturated carbocycles. The zero-order valence-electron chi connectivity index (χ0n) is 19.0. The monoisotopic (exact) mass is 545 g/mol. The normalized spacial score (nSPS) is 18.7. The number of piperazine rings is 1. The molecule has 1 atom stereocenters. The molecule has 174 valence electrons. The summed E-state index contributed by atoms with van der Waals surface area (Å²) in [4.78, 5) is 21.5. The van der Waals surface area contributed by atoms with Gasteiger partial charge in [-0.3, -0.25) is 14.7 Å². The Balaban J connectivity index is 0.00000341. The number of nitrogens with one attached hydrogen (secondary N) is 2. The molecule has 1 amide bonds. The van der Waals surface area contributed by atoms with Gasteiger partial charge in [0.05, 0.1) is 12.6 Å². The molecule has 0 radical (unpaired) electrons. The number of amides is 1. The molecule has 1 aromatic rings. The summed E-state index contributed by atoms with van der Waals surface area (Å²) >= 11 is 0. The molecule has 1 aliphatic heterocycles. The van der Waals surface area contributed by atoms with Crippen molar-refractivity contribution in [1.82, 2.24) is 20.4 Å². The predicted molar refractivity (Wildman–Crippen MR) is 134 cm³/mol. The molecule has 1 unspecified atom stereocenters. The number of aliphatic imine (C=N–C) groups is 1. The number of rotatable bonds is 7. The fourth-order valence-electron chi connectivity index (χ4n) is 3.90. The maximum atomic E-state index is 13.9. The second kappa shape index (κ2) is 12.6. The van der Waals surface area contributed by atoms with E-state index in [4.69, 9.17) is 4.99 Å². The Morgan fingerprint density at radius 2 is 1.97 bits per heavy atom. The van der Waals surface area contributed by atoms with Crippen molar-refractivity contribution in [2.75, 3.05) is 45.8 Å². The van der Waals surface area contributed by atoms with Gasteiger partial charge in [0.1, 0.15) is 5.82 Å². The quantitative estimate of drug-likeness (QED) is 0.314. The Hall–Kier alpha value is -1.42. The Morgan fingerprint density at radius 1 is 1.26 bits per heavy atom. The van der Waals surface area contributed by atoms with Gasteiger partial charge in [0.25, 0.3) is 0 Å². The molecule has 1 heterocycles. The third-order valence-corrected chi connectivity index (χ3v) is 6.22. The van der Waals surface area contributed by atoms with Crippen molar-refractivity contribution in [1.29, 1.82) is 0 Å². The maximum absolute atomic E-state index is 13.9. The van der Waals surface area contributed by atoms with Crippen molar-refractivity contribution in [2.24, 2.45) is 10.9 Å². The number of aryl methyl sites for hydroxylation is 1. The number of guanidine groups is 1. The summed E-state index contributed by atoms with van der Waals surface area (Å²) in [6, 6.07) is 5.30. The predicted octanol–water partition coefficient (Wildman–Crippen LogP) is 3.31. The highest BCUT2D eigenvalue weighted by molar-refractivity contribution is 14.0. The van der Waals surface area contributed by atoms with Crippen LogP contribution in [0.1, 0.15) is 50.3 Å². The average Bonchev–Trinajstić information content (AvgIpc) is 2.69. The lowest BCUT2D eigenvalue weighted by Gasteiger charge is -2.38. The Labute approximate surface area is 203 Å². The molecule has 31 heavy (non-hydrogen) atoms. The van der Waals surface area contributed by atoms with E-state index >= 15 is 0 Å². The number of nitrogens with zero attached hydrogens (tertiary/aromatic N) is 3. The van der Waals surface area contributed by atoms with E-state index in [0.717, 1.165) is 63.6 Å². The summed E-state index contributed by atoms with van der Waals surface area (Å²) in [5.41, 5.74) is 1.55. The summed E-state index contributed by atoms with van der Waals surface area (Å²) in [6.45, 7) is 11.6. The fourth-order valence-corrected chi connectivity index (χ4v) is 3.90. The van der Waals surface area contributed by atoms with Crippen LogP contribution >= 0.6 is 24.0 Å². The standard InChI is InChI=1S/C23H36FN5O.HI/c1-4-25-23(27-18(3)20-9-8-17(2)21(24)16-20)26-10-11-28-12-14-29(15-13-28)22(30)19-6-5-7-19;/h8-9,16,18-19H,4-7,10-15H2,1-3H3,(H2,25,26,27);1H. The van der Waals surface area contributed by atoms with E-state index < -0.39 is 0 Å². The topological polar surface area (TPSA) is 60.0 Å². The molecule has 0 spiro atoms. The Kier molecular flexibility index (Phi) is 10.5. The first kappa shape index (κ1) is 25.8. The molecule has 6 nitrogen and oxygen atoms in total. The van der Waals surface area contributed by atoms with Crippen LogP contribution in [-0.4, -0.2) is 67.5 Å². The lowest BCUT2D eigenvalue weighted by Crippen LogP contribution is -2.51. The van der Waals surface area contributed by atoms with Crippen molar-refractivity contribution >= 4 is 35.8 Å². The SMILES string of the molecule is CCNC(=NCCN1CCN(C(=O)C2CCC2)CC1)NC(C)c1ccc(C)c(F)c1.I. The van der Waals surface area contributed by atoms with E-state index in [1.54, 1.807) is 13.0 Å². The zero-order valence-corrected chi connectivity index (χ0v) is 21.3. The molecule has 1 saturated heterocycles. The van der Waals surface area contributed by atoms with Crippen LogP contribution < -0.4 is 10.6 Å². The first-order valence-corrected chi connectivity index (χ1v) is 11.3. The molecule has 8 heteroatoms. The van der Waals surface area contributed by atoms with Gasteiger partial charge in [-0.05, 0) is 50.8 Å². The first-order chi connectivity index (χ1) is 14.5. The number of hydrogen-bond acceptors (Lipinski definition) is 3. The fraction of sp³-hybridized carbons (Fsp3) is 0.652. The van der Waals surface area contributed by atoms with Gasteiger partial charge in [-0.15, -0.1) is 24.0 Å². The van der Waals surface area contributed by atoms with Gasteiger partial charge in [0.15, 0.2) is 5.96 Å². The van der Waals surface area contributed by atoms with Gasteiger partial charge in [0, 0.05) is 45.2 Å². The molecule has 1 aromatic carbocycles. The minimum absolute atomic E-state index is 0. The van der Waals surface area contributed by atoms with Gasteiger partial charge in [-0.2, -0.15) is 0 Å². The van der Waals surface area contributed by atoms with E-state index in [0.29, 0.717) is 23.9 Å². The van der Waals surface area contributed by atoms with Crippen molar-refractivity contribution in [3.05, 3.63) is 35.1 Å². The van der Waals surface area contributed by atoms with Crippen molar-refractivity contribution < 1.29 is 9.18 Å². The number of carbonyl (C=O) groups excluding carboxylic acids is 1. The summed E-state index contributed by atoms with van der Waals surface area (Å²) in [5, 5.41) is 6.63. The van der Waals surface area contributed by atoms with Crippen molar-refractivity contribution in [3.8, 4) is 0 Å². The molecule has 0 bridgehead atoms. The van der Waals surface area contributed by atoms with E-state index in [1.807, 2.05) is 30.9 Å². The zero-order chi connectivity index (χ0) is 21.5. The molecule has 0 aromatic heterocycles. The lowest BCUT2D eigenvalue weighted by molar-refractivity contribution is -0.139. The van der Waals surface area contributed by atoms with Gasteiger partial charge in [-0.1, -0.05) is 18.6 Å². The highest BCUT2D eigenvalue weighted by atomic mass is 127. The second-order valence-electron chi connectivity index (χ2n) is 8.43. The first-order valence-electron chi connectivity index (χ1n) is 11.3. The molecule has 3 rings (SSSR count). The molecule has 2 aliphatic rings. The van der Waals surface area contributed by atoms with Gasteiger partial charge in [0.2, 0.25) is 5.91 Å². The largest absolute Gasteiger partial charge is 0.357 e. The van der Waals surface area contributed by atoms with E-state index in [1.165, 1.54) is 6.42 Å². The summed E-state index contributed by atoms with van der Waals surface area (Å²) in [5.74, 6) is 1.21. The third-order valence-electron chi connectivity index (χ3n) is 6.22. The molecular formula is C23H37FIN5O. The van der Waals surface area contributed by atoms with E-state index in [2.05, 4.69) is 15.5 Å². The highest BCUT2D eigenvalue weighted by Gasteiger charge is 2.30. The van der Waals surface area contributed by atoms with Crippen LogP contribution in [0.5, 0.6) is 0 Å². The number of benzene rings is 1. The molecule has 2 fully saturated rings.